The van der Waals surface area contributed by atoms with E-state index in [1.165, 1.54) is 24.1 Å². The molecular weight excluding hydrogens is 538 g/mol. The van der Waals surface area contributed by atoms with Crippen LogP contribution in [0, 0.1) is 6.92 Å². The Hall–Kier alpha value is -3.56. The van der Waals surface area contributed by atoms with Gasteiger partial charge in [0.1, 0.15) is 18.3 Å². The van der Waals surface area contributed by atoms with Gasteiger partial charge in [0.25, 0.3) is 10.0 Å². The standard InChI is InChI=1S/C29H34ClN3O5S/c1-5-25(29(35)31-6-2)32(19-22-13-15-23(30)16-14-22)28(34)20-33(26-9-7-8-10-27(26)38-4)39(36,37)24-17-11-21(3)12-18-24/h7-18,25H,5-6,19-20H2,1-4H3,(H,31,35)/t25-/m0/s1. The summed E-state index contributed by atoms with van der Waals surface area (Å²) in [5, 5.41) is 3.33. The molecule has 208 valence electrons. The van der Waals surface area contributed by atoms with Crippen molar-refractivity contribution in [2.45, 2.75) is 44.7 Å². The summed E-state index contributed by atoms with van der Waals surface area (Å²) in [6.45, 7) is 5.42. The number of para-hydroxylation sites is 2. The second-order valence-corrected chi connectivity index (χ2v) is 11.3. The smallest absolute Gasteiger partial charge is 0.264 e. The highest BCUT2D eigenvalue weighted by Crippen LogP contribution is 2.32. The van der Waals surface area contributed by atoms with Gasteiger partial charge in [0.15, 0.2) is 0 Å². The quantitative estimate of drug-likeness (QED) is 0.337. The largest absolute Gasteiger partial charge is 0.495 e. The molecule has 0 aliphatic heterocycles. The molecule has 0 unspecified atom stereocenters. The molecule has 10 heteroatoms. The van der Waals surface area contributed by atoms with E-state index in [0.717, 1.165) is 15.4 Å². The summed E-state index contributed by atoms with van der Waals surface area (Å²) in [7, 11) is -2.75. The van der Waals surface area contributed by atoms with E-state index in [1.807, 2.05) is 13.8 Å². The van der Waals surface area contributed by atoms with E-state index in [1.54, 1.807) is 67.6 Å². The van der Waals surface area contributed by atoms with Crippen LogP contribution in [0.1, 0.15) is 31.4 Å². The van der Waals surface area contributed by atoms with Crippen LogP contribution in [0.15, 0.2) is 77.7 Å². The number of carbonyl (C=O) groups excluding carboxylic acids is 2. The molecule has 1 N–H and O–H groups in total. The van der Waals surface area contributed by atoms with Gasteiger partial charge in [-0.2, -0.15) is 0 Å². The van der Waals surface area contributed by atoms with E-state index in [0.29, 0.717) is 23.7 Å². The second-order valence-electron chi connectivity index (χ2n) is 8.96. The molecule has 0 heterocycles. The van der Waals surface area contributed by atoms with Crippen molar-refractivity contribution in [2.24, 2.45) is 0 Å². The van der Waals surface area contributed by atoms with Crippen molar-refractivity contribution in [3.63, 3.8) is 0 Å². The lowest BCUT2D eigenvalue weighted by molar-refractivity contribution is -0.140. The van der Waals surface area contributed by atoms with E-state index >= 15 is 0 Å². The first kappa shape index (κ1) is 30.0. The zero-order valence-corrected chi connectivity index (χ0v) is 24.1. The summed E-state index contributed by atoms with van der Waals surface area (Å²) >= 11 is 6.05. The molecule has 2 amide bonds. The summed E-state index contributed by atoms with van der Waals surface area (Å²) in [6, 6.07) is 19.2. The van der Waals surface area contributed by atoms with Crippen LogP contribution in [-0.2, 0) is 26.2 Å². The lowest BCUT2D eigenvalue weighted by Gasteiger charge is -2.33. The Kier molecular flexibility index (Phi) is 10.4. The number of likely N-dealkylation sites (N-methyl/N-ethyl adjacent to an activating group) is 1. The van der Waals surface area contributed by atoms with Gasteiger partial charge in [-0.3, -0.25) is 13.9 Å². The SMILES string of the molecule is CCNC(=O)[C@H](CC)N(Cc1ccc(Cl)cc1)C(=O)CN(c1ccccc1OC)S(=O)(=O)c1ccc(C)cc1. The number of halogens is 1. The molecule has 8 nitrogen and oxygen atoms in total. The number of aryl methyl sites for hydroxylation is 1. The van der Waals surface area contributed by atoms with Crippen LogP contribution in [0.25, 0.3) is 0 Å². The third kappa shape index (κ3) is 7.30. The van der Waals surface area contributed by atoms with Crippen LogP contribution in [0.4, 0.5) is 5.69 Å². The number of amides is 2. The Labute approximate surface area is 235 Å². The molecule has 0 aliphatic rings. The van der Waals surface area contributed by atoms with Crippen LogP contribution in [0.2, 0.25) is 5.02 Å². The average molecular weight is 572 g/mol. The van der Waals surface area contributed by atoms with Crippen molar-refractivity contribution in [2.75, 3.05) is 24.5 Å². The van der Waals surface area contributed by atoms with E-state index in [9.17, 15) is 18.0 Å². The van der Waals surface area contributed by atoms with Crippen LogP contribution in [0.5, 0.6) is 5.75 Å². The summed E-state index contributed by atoms with van der Waals surface area (Å²) in [6.07, 6.45) is 0.338. The highest BCUT2D eigenvalue weighted by atomic mass is 35.5. The molecule has 3 rings (SSSR count). The number of methoxy groups -OCH3 is 1. The normalized spacial score (nSPS) is 11.9. The minimum absolute atomic E-state index is 0.0341. The van der Waals surface area contributed by atoms with E-state index in [2.05, 4.69) is 5.32 Å². The Balaban J connectivity index is 2.09. The predicted octanol–water partition coefficient (Wildman–Crippen LogP) is 4.80. The summed E-state index contributed by atoms with van der Waals surface area (Å²) in [5.74, 6) is -0.557. The molecule has 0 saturated heterocycles. The van der Waals surface area contributed by atoms with Gasteiger partial charge in [0.05, 0.1) is 17.7 Å². The lowest BCUT2D eigenvalue weighted by Crippen LogP contribution is -2.52. The number of anilines is 1. The maximum Gasteiger partial charge on any atom is 0.264 e. The second kappa shape index (κ2) is 13.5. The van der Waals surface area contributed by atoms with Gasteiger partial charge >= 0.3 is 0 Å². The van der Waals surface area contributed by atoms with Crippen LogP contribution < -0.4 is 14.4 Å². The Morgan fingerprint density at radius 2 is 1.62 bits per heavy atom. The molecule has 0 saturated carbocycles. The first-order valence-corrected chi connectivity index (χ1v) is 14.5. The Morgan fingerprint density at radius 1 is 0.974 bits per heavy atom. The molecule has 0 bridgehead atoms. The monoisotopic (exact) mass is 571 g/mol. The maximum absolute atomic E-state index is 14.0. The fourth-order valence-electron chi connectivity index (χ4n) is 4.18. The number of ether oxygens (including phenoxy) is 1. The Morgan fingerprint density at radius 3 is 2.21 bits per heavy atom. The van der Waals surface area contributed by atoms with Gasteiger partial charge in [-0.25, -0.2) is 8.42 Å². The molecule has 3 aromatic rings. The Bertz CT molecular complexity index is 1380. The van der Waals surface area contributed by atoms with E-state index < -0.39 is 28.5 Å². The van der Waals surface area contributed by atoms with Crippen molar-refractivity contribution in [3.05, 3.63) is 88.9 Å². The van der Waals surface area contributed by atoms with Gasteiger partial charge in [0.2, 0.25) is 11.8 Å². The summed E-state index contributed by atoms with van der Waals surface area (Å²) in [4.78, 5) is 28.5. The minimum atomic E-state index is -4.19. The first-order valence-electron chi connectivity index (χ1n) is 12.7. The lowest BCUT2D eigenvalue weighted by atomic mass is 10.1. The molecule has 3 aromatic carbocycles. The molecule has 0 radical (unpaired) electrons. The third-order valence-corrected chi connectivity index (χ3v) is 8.27. The number of nitrogens with zero attached hydrogens (tertiary/aromatic N) is 2. The van der Waals surface area contributed by atoms with Crippen molar-refractivity contribution in [1.82, 2.24) is 10.2 Å². The molecule has 0 spiro atoms. The molecule has 0 fully saturated rings. The number of hydrogen-bond donors (Lipinski definition) is 1. The molecule has 0 aromatic heterocycles. The first-order chi connectivity index (χ1) is 18.6. The van der Waals surface area contributed by atoms with Gasteiger partial charge in [0, 0.05) is 18.1 Å². The van der Waals surface area contributed by atoms with Crippen molar-refractivity contribution >= 4 is 39.1 Å². The molecular formula is C29H34ClN3O5S. The summed E-state index contributed by atoms with van der Waals surface area (Å²) < 4.78 is 34.4. The molecule has 1 atom stereocenters. The highest BCUT2D eigenvalue weighted by Gasteiger charge is 2.34. The van der Waals surface area contributed by atoms with Gasteiger partial charge < -0.3 is 15.0 Å². The van der Waals surface area contributed by atoms with Gasteiger partial charge in [-0.05, 0) is 62.2 Å². The van der Waals surface area contributed by atoms with Gasteiger partial charge in [-0.15, -0.1) is 0 Å². The number of sulfonamides is 1. The maximum atomic E-state index is 14.0. The fourth-order valence-corrected chi connectivity index (χ4v) is 5.74. The number of nitrogens with one attached hydrogen (secondary N) is 1. The third-order valence-electron chi connectivity index (χ3n) is 6.24. The van der Waals surface area contributed by atoms with E-state index in [4.69, 9.17) is 16.3 Å². The van der Waals surface area contributed by atoms with Gasteiger partial charge in [-0.1, -0.05) is 60.5 Å². The van der Waals surface area contributed by atoms with E-state index in [-0.39, 0.29) is 23.0 Å². The fraction of sp³-hybridized carbons (Fsp3) is 0.310. The van der Waals surface area contributed by atoms with Crippen LogP contribution in [-0.4, -0.2) is 51.4 Å². The van der Waals surface area contributed by atoms with Crippen LogP contribution in [0.3, 0.4) is 0 Å². The van der Waals surface area contributed by atoms with Crippen molar-refractivity contribution in [3.8, 4) is 5.75 Å². The zero-order valence-electron chi connectivity index (χ0n) is 22.6. The minimum Gasteiger partial charge on any atom is -0.495 e. The zero-order chi connectivity index (χ0) is 28.6. The van der Waals surface area contributed by atoms with Crippen molar-refractivity contribution < 1.29 is 22.7 Å². The number of benzene rings is 3. The van der Waals surface area contributed by atoms with Crippen LogP contribution >= 0.6 is 11.6 Å². The average Bonchev–Trinajstić information content (AvgIpc) is 2.93. The number of carbonyl (C=O) groups is 2. The number of rotatable bonds is 12. The molecule has 39 heavy (non-hydrogen) atoms. The van der Waals surface area contributed by atoms with Crippen molar-refractivity contribution in [1.29, 1.82) is 0 Å². The predicted molar refractivity (Wildman–Crippen MR) is 153 cm³/mol. The summed E-state index contributed by atoms with van der Waals surface area (Å²) in [5.41, 5.74) is 1.86. The number of hydrogen-bond acceptors (Lipinski definition) is 5. The highest BCUT2D eigenvalue weighted by molar-refractivity contribution is 7.92. The molecule has 0 aliphatic carbocycles. The topological polar surface area (TPSA) is 96.0 Å².